The van der Waals surface area contributed by atoms with Gasteiger partial charge in [0, 0.05) is 55.1 Å². The van der Waals surface area contributed by atoms with Crippen LogP contribution in [0.4, 0.5) is 5.69 Å². The van der Waals surface area contributed by atoms with E-state index in [0.29, 0.717) is 18.5 Å². The van der Waals surface area contributed by atoms with Crippen LogP contribution in [-0.2, 0) is 22.4 Å². The van der Waals surface area contributed by atoms with Crippen LogP contribution in [0.3, 0.4) is 0 Å². The Balaban J connectivity index is 1.62. The monoisotopic (exact) mass is 434 g/mol. The summed E-state index contributed by atoms with van der Waals surface area (Å²) in [7, 11) is 0. The first-order chi connectivity index (χ1) is 15.5. The Morgan fingerprint density at radius 1 is 1.19 bits per heavy atom. The maximum absolute atomic E-state index is 13.2. The molecule has 168 valence electrons. The maximum atomic E-state index is 13.2. The number of aromatic amines is 1. The average molecular weight is 435 g/mol. The number of hydrogen-bond donors (Lipinski definition) is 2. The Bertz CT molecular complexity index is 1090. The van der Waals surface area contributed by atoms with Gasteiger partial charge in [0.25, 0.3) is 11.8 Å². The van der Waals surface area contributed by atoms with E-state index >= 15 is 0 Å². The molecule has 0 atom stereocenters. The molecule has 0 radical (unpaired) electrons. The molecular formula is C25H30N4O3. The molecule has 2 aliphatic rings. The summed E-state index contributed by atoms with van der Waals surface area (Å²) in [4.78, 5) is 44.4. The lowest BCUT2D eigenvalue weighted by Crippen LogP contribution is -2.42. The van der Waals surface area contributed by atoms with Crippen molar-refractivity contribution in [2.75, 3.05) is 38.0 Å². The summed E-state index contributed by atoms with van der Waals surface area (Å²) in [6.45, 7) is 10.4. The van der Waals surface area contributed by atoms with Gasteiger partial charge in [0.2, 0.25) is 0 Å². The van der Waals surface area contributed by atoms with E-state index in [1.807, 2.05) is 36.1 Å². The minimum absolute atomic E-state index is 0.0568. The summed E-state index contributed by atoms with van der Waals surface area (Å²) in [6.07, 6.45) is 3.77. The van der Waals surface area contributed by atoms with Gasteiger partial charge in [0.05, 0.1) is 11.1 Å². The number of carbonyl (C=O) groups excluding carboxylic acids is 3. The molecule has 0 fully saturated rings. The van der Waals surface area contributed by atoms with Crippen LogP contribution in [0.2, 0.25) is 0 Å². The smallest absolute Gasteiger partial charge is 0.256 e. The fourth-order valence-electron chi connectivity index (χ4n) is 4.57. The molecule has 7 heteroatoms. The number of amides is 2. The molecule has 32 heavy (non-hydrogen) atoms. The van der Waals surface area contributed by atoms with Gasteiger partial charge in [-0.1, -0.05) is 19.9 Å². The molecule has 4 rings (SSSR count). The summed E-state index contributed by atoms with van der Waals surface area (Å²) >= 11 is 0. The Morgan fingerprint density at radius 3 is 2.69 bits per heavy atom. The van der Waals surface area contributed by atoms with Crippen molar-refractivity contribution in [2.45, 2.75) is 33.6 Å². The molecule has 3 heterocycles. The van der Waals surface area contributed by atoms with Crippen LogP contribution >= 0.6 is 0 Å². The largest absolute Gasteiger partial charge is 0.358 e. The van der Waals surface area contributed by atoms with E-state index in [-0.39, 0.29) is 11.8 Å². The SMILES string of the molecule is CCN(CC)CCN1CCc2[nH]c(/C=C3\C(=O)Nc4ccc(CC=O)cc43)c(C)c2C1=O. The molecule has 1 aromatic carbocycles. The van der Waals surface area contributed by atoms with Gasteiger partial charge in [-0.05, 0) is 49.3 Å². The van der Waals surface area contributed by atoms with E-state index in [2.05, 4.69) is 29.0 Å². The number of nitrogens with zero attached hydrogens (tertiary/aromatic N) is 2. The predicted molar refractivity (Wildman–Crippen MR) is 126 cm³/mol. The number of hydrogen-bond acceptors (Lipinski definition) is 4. The fraction of sp³-hybridized carbons (Fsp3) is 0.400. The number of nitrogens with one attached hydrogen (secondary N) is 2. The van der Waals surface area contributed by atoms with E-state index < -0.39 is 0 Å². The van der Waals surface area contributed by atoms with Crippen LogP contribution < -0.4 is 5.32 Å². The molecule has 2 amide bonds. The first kappa shape index (κ1) is 22.0. The molecule has 0 bridgehead atoms. The van der Waals surface area contributed by atoms with Crippen LogP contribution in [-0.4, -0.2) is 65.6 Å². The second-order valence-electron chi connectivity index (χ2n) is 8.35. The van der Waals surface area contributed by atoms with Gasteiger partial charge < -0.3 is 24.9 Å². The Labute approximate surface area is 188 Å². The summed E-state index contributed by atoms with van der Waals surface area (Å²) in [5, 5.41) is 2.88. The third kappa shape index (κ3) is 4.00. The van der Waals surface area contributed by atoms with Gasteiger partial charge in [-0.2, -0.15) is 0 Å². The van der Waals surface area contributed by atoms with E-state index in [1.54, 1.807) is 0 Å². The van der Waals surface area contributed by atoms with Crippen molar-refractivity contribution in [3.63, 3.8) is 0 Å². The fourth-order valence-corrected chi connectivity index (χ4v) is 4.57. The highest BCUT2D eigenvalue weighted by Gasteiger charge is 2.30. The lowest BCUT2D eigenvalue weighted by molar-refractivity contribution is -0.110. The highest BCUT2D eigenvalue weighted by Crippen LogP contribution is 2.35. The van der Waals surface area contributed by atoms with Crippen molar-refractivity contribution in [3.05, 3.63) is 51.8 Å². The van der Waals surface area contributed by atoms with Crippen molar-refractivity contribution in [2.24, 2.45) is 0 Å². The topological polar surface area (TPSA) is 85.5 Å². The lowest BCUT2D eigenvalue weighted by atomic mass is 9.99. The molecule has 1 aromatic heterocycles. The lowest BCUT2D eigenvalue weighted by Gasteiger charge is -2.29. The molecular weight excluding hydrogens is 404 g/mol. The molecule has 2 N–H and O–H groups in total. The zero-order valence-corrected chi connectivity index (χ0v) is 19.0. The molecule has 7 nitrogen and oxygen atoms in total. The van der Waals surface area contributed by atoms with Crippen molar-refractivity contribution >= 4 is 35.4 Å². The Hall–Kier alpha value is -3.19. The average Bonchev–Trinajstić information content (AvgIpc) is 3.27. The second kappa shape index (κ2) is 9.12. The van der Waals surface area contributed by atoms with Gasteiger partial charge >= 0.3 is 0 Å². The number of rotatable bonds is 8. The van der Waals surface area contributed by atoms with Crippen LogP contribution in [0.25, 0.3) is 11.6 Å². The predicted octanol–water partition coefficient (Wildman–Crippen LogP) is 2.90. The van der Waals surface area contributed by atoms with Crippen molar-refractivity contribution < 1.29 is 14.4 Å². The van der Waals surface area contributed by atoms with Gasteiger partial charge in [0.1, 0.15) is 6.29 Å². The number of anilines is 1. The van der Waals surface area contributed by atoms with Crippen LogP contribution in [0.5, 0.6) is 0 Å². The molecule has 2 aromatic rings. The third-order valence-electron chi connectivity index (χ3n) is 6.55. The summed E-state index contributed by atoms with van der Waals surface area (Å²) in [6, 6.07) is 5.56. The van der Waals surface area contributed by atoms with Gasteiger partial charge in [-0.25, -0.2) is 0 Å². The Kier molecular flexibility index (Phi) is 6.28. The van der Waals surface area contributed by atoms with Crippen molar-refractivity contribution in [3.8, 4) is 0 Å². The van der Waals surface area contributed by atoms with Crippen LogP contribution in [0.15, 0.2) is 18.2 Å². The quantitative estimate of drug-likeness (QED) is 0.494. The number of carbonyl (C=O) groups is 3. The number of aromatic nitrogens is 1. The van der Waals surface area contributed by atoms with E-state index in [1.165, 1.54) is 0 Å². The first-order valence-electron chi connectivity index (χ1n) is 11.3. The Morgan fingerprint density at radius 2 is 1.97 bits per heavy atom. The highest BCUT2D eigenvalue weighted by atomic mass is 16.2. The maximum Gasteiger partial charge on any atom is 0.256 e. The third-order valence-corrected chi connectivity index (χ3v) is 6.55. The normalized spacial score (nSPS) is 16.5. The van der Waals surface area contributed by atoms with E-state index in [9.17, 15) is 14.4 Å². The van der Waals surface area contributed by atoms with Crippen LogP contribution in [0, 0.1) is 6.92 Å². The molecule has 0 unspecified atom stereocenters. The summed E-state index contributed by atoms with van der Waals surface area (Å²) in [5.74, 6) is -0.122. The molecule has 0 saturated heterocycles. The number of fused-ring (bicyclic) bond motifs is 2. The zero-order valence-electron chi connectivity index (χ0n) is 19.0. The number of H-pyrrole nitrogens is 1. The molecule has 0 saturated carbocycles. The molecule has 0 aliphatic carbocycles. The van der Waals surface area contributed by atoms with Crippen molar-refractivity contribution in [1.29, 1.82) is 0 Å². The minimum Gasteiger partial charge on any atom is -0.358 e. The van der Waals surface area contributed by atoms with Crippen molar-refractivity contribution in [1.82, 2.24) is 14.8 Å². The van der Waals surface area contributed by atoms with E-state index in [0.717, 1.165) is 78.2 Å². The molecule has 0 spiro atoms. The van der Waals surface area contributed by atoms with Gasteiger partial charge in [0.15, 0.2) is 0 Å². The first-order valence-corrected chi connectivity index (χ1v) is 11.3. The molecule has 2 aliphatic heterocycles. The van der Waals surface area contributed by atoms with Gasteiger partial charge in [-0.15, -0.1) is 0 Å². The summed E-state index contributed by atoms with van der Waals surface area (Å²) in [5.41, 5.74) is 6.26. The standard InChI is InChI=1S/C25H30N4O3/c1-4-28(5-2)11-12-29-10-8-21-23(25(29)32)16(3)22(26-21)15-19-18-14-17(9-13-30)6-7-20(18)27-24(19)31/h6-7,13-15,26H,4-5,8-12H2,1-3H3,(H,27,31)/b19-15-. The second-order valence-corrected chi connectivity index (χ2v) is 8.35. The minimum atomic E-state index is -0.178. The zero-order chi connectivity index (χ0) is 22.8. The highest BCUT2D eigenvalue weighted by molar-refractivity contribution is 6.35. The number of likely N-dealkylation sites (N-methyl/N-ethyl adjacent to an activating group) is 1. The van der Waals surface area contributed by atoms with Crippen LogP contribution in [0.1, 0.15) is 52.3 Å². The van der Waals surface area contributed by atoms with Gasteiger partial charge in [-0.3, -0.25) is 9.59 Å². The number of benzene rings is 1. The number of aldehydes is 1. The van der Waals surface area contributed by atoms with E-state index in [4.69, 9.17) is 0 Å². The summed E-state index contributed by atoms with van der Waals surface area (Å²) < 4.78 is 0.